The molecule has 2 N–H and O–H groups in total. The maximum atomic E-state index is 13.7. The van der Waals surface area contributed by atoms with Gasteiger partial charge in [0.2, 0.25) is 0 Å². The van der Waals surface area contributed by atoms with Gasteiger partial charge in [-0.1, -0.05) is 6.92 Å². The van der Waals surface area contributed by atoms with E-state index in [4.69, 9.17) is 0 Å². The lowest BCUT2D eigenvalue weighted by Gasteiger charge is -2.25. The summed E-state index contributed by atoms with van der Waals surface area (Å²) in [6.07, 6.45) is 3.03. The molecule has 3 rings (SSSR count). The zero-order valence-corrected chi connectivity index (χ0v) is 15.1. The molecule has 2 heterocycles. The van der Waals surface area contributed by atoms with Crippen molar-refractivity contribution >= 4 is 5.96 Å². The Labute approximate surface area is 151 Å². The molecule has 140 valence electrons. The summed E-state index contributed by atoms with van der Waals surface area (Å²) >= 11 is 0. The first kappa shape index (κ1) is 18.3. The van der Waals surface area contributed by atoms with Crippen LogP contribution in [0.15, 0.2) is 23.2 Å². The predicted molar refractivity (Wildman–Crippen MR) is 96.1 cm³/mol. The van der Waals surface area contributed by atoms with Gasteiger partial charge in [-0.05, 0) is 36.6 Å². The third-order valence-corrected chi connectivity index (χ3v) is 4.48. The second-order valence-electron chi connectivity index (χ2n) is 6.34. The molecule has 0 aliphatic carbocycles. The lowest BCUT2D eigenvalue weighted by atomic mass is 10.1. The number of aromatic nitrogens is 3. The van der Waals surface area contributed by atoms with Gasteiger partial charge in [-0.25, -0.2) is 18.4 Å². The molecule has 0 saturated carbocycles. The van der Waals surface area contributed by atoms with Crippen LogP contribution in [0.25, 0.3) is 0 Å². The van der Waals surface area contributed by atoms with Crippen LogP contribution < -0.4 is 10.6 Å². The van der Waals surface area contributed by atoms with Gasteiger partial charge in [0.15, 0.2) is 11.8 Å². The van der Waals surface area contributed by atoms with Crippen LogP contribution in [0.3, 0.4) is 0 Å². The molecule has 1 aliphatic rings. The topological polar surface area (TPSA) is 67.1 Å². The van der Waals surface area contributed by atoms with Crippen molar-refractivity contribution in [2.45, 2.75) is 45.2 Å². The number of aryl methyl sites for hydroxylation is 2. The Hall–Kier alpha value is -2.51. The fraction of sp³-hybridized carbons (Fsp3) is 0.500. The molecule has 1 atom stereocenters. The zero-order chi connectivity index (χ0) is 18.5. The average molecular weight is 362 g/mol. The van der Waals surface area contributed by atoms with Gasteiger partial charge in [0.05, 0.1) is 6.54 Å². The van der Waals surface area contributed by atoms with Crippen LogP contribution in [-0.4, -0.2) is 40.4 Å². The van der Waals surface area contributed by atoms with E-state index in [0.29, 0.717) is 24.5 Å². The minimum atomic E-state index is -0.429. The van der Waals surface area contributed by atoms with Crippen LogP contribution >= 0.6 is 0 Å². The van der Waals surface area contributed by atoms with Crippen molar-refractivity contribution in [2.24, 2.45) is 4.99 Å². The average Bonchev–Trinajstić information content (AvgIpc) is 3.06. The van der Waals surface area contributed by atoms with Crippen molar-refractivity contribution in [1.29, 1.82) is 0 Å². The van der Waals surface area contributed by atoms with Gasteiger partial charge >= 0.3 is 0 Å². The van der Waals surface area contributed by atoms with Gasteiger partial charge in [-0.3, -0.25) is 4.99 Å². The molecule has 0 amide bonds. The smallest absolute Gasteiger partial charge is 0.191 e. The van der Waals surface area contributed by atoms with Crippen LogP contribution in [-0.2, 0) is 25.8 Å². The van der Waals surface area contributed by atoms with Gasteiger partial charge < -0.3 is 10.6 Å². The van der Waals surface area contributed by atoms with Gasteiger partial charge in [0.1, 0.15) is 17.5 Å². The molecule has 6 nitrogen and oxygen atoms in total. The monoisotopic (exact) mass is 362 g/mol. The lowest BCUT2D eigenvalue weighted by molar-refractivity contribution is 0.392. The highest BCUT2D eigenvalue weighted by molar-refractivity contribution is 5.79. The highest BCUT2D eigenvalue weighted by atomic mass is 19.1. The number of hydrogen-bond acceptors (Lipinski definition) is 3. The first-order chi connectivity index (χ1) is 12.6. The summed E-state index contributed by atoms with van der Waals surface area (Å²) in [5.41, 5.74) is 0.352. The van der Waals surface area contributed by atoms with E-state index in [9.17, 15) is 8.78 Å². The summed E-state index contributed by atoms with van der Waals surface area (Å²) in [7, 11) is 1.69. The van der Waals surface area contributed by atoms with Crippen LogP contribution in [0.1, 0.15) is 30.6 Å². The number of aliphatic imine (C=N–C) groups is 1. The Morgan fingerprint density at radius 2 is 2.23 bits per heavy atom. The molecule has 0 fully saturated rings. The zero-order valence-electron chi connectivity index (χ0n) is 15.1. The Bertz CT molecular complexity index is 786. The van der Waals surface area contributed by atoms with Crippen molar-refractivity contribution in [3.63, 3.8) is 0 Å². The summed E-state index contributed by atoms with van der Waals surface area (Å²) in [5.74, 6) is 1.73. The van der Waals surface area contributed by atoms with Crippen molar-refractivity contribution in [3.05, 3.63) is 47.0 Å². The van der Waals surface area contributed by atoms with Gasteiger partial charge in [-0.15, -0.1) is 0 Å². The molecule has 0 radical (unpaired) electrons. The summed E-state index contributed by atoms with van der Waals surface area (Å²) in [6, 6.07) is 3.70. The first-order valence-electron chi connectivity index (χ1n) is 8.92. The van der Waals surface area contributed by atoms with E-state index < -0.39 is 11.6 Å². The second-order valence-corrected chi connectivity index (χ2v) is 6.34. The normalized spacial score (nSPS) is 17.1. The quantitative estimate of drug-likeness (QED) is 0.629. The number of guanidine groups is 1. The molecule has 8 heteroatoms. The van der Waals surface area contributed by atoms with Crippen molar-refractivity contribution < 1.29 is 8.78 Å². The molecular formula is C18H24F2N6. The number of benzene rings is 1. The standard InChI is InChI=1S/C18H24F2N6/c1-3-16-24-17-7-5-14(11-26(17)25-16)23-18(21-2)22-9-8-12-10-13(19)4-6-15(12)20/h4,6,10,14H,3,5,7-9,11H2,1-2H3,(H2,21,22,23). The fourth-order valence-corrected chi connectivity index (χ4v) is 3.07. The van der Waals surface area contributed by atoms with E-state index in [-0.39, 0.29) is 6.04 Å². The first-order valence-corrected chi connectivity index (χ1v) is 8.92. The Kier molecular flexibility index (Phi) is 5.80. The predicted octanol–water partition coefficient (Wildman–Crippen LogP) is 1.84. The molecular weight excluding hydrogens is 338 g/mol. The third kappa shape index (κ3) is 4.36. The van der Waals surface area contributed by atoms with E-state index in [0.717, 1.165) is 49.6 Å². The van der Waals surface area contributed by atoms with E-state index in [1.54, 1.807) is 7.05 Å². The molecule has 1 aromatic heterocycles. The van der Waals surface area contributed by atoms with Crippen LogP contribution in [0, 0.1) is 11.6 Å². The minimum Gasteiger partial charge on any atom is -0.356 e. The molecule has 0 bridgehead atoms. The molecule has 1 aliphatic heterocycles. The van der Waals surface area contributed by atoms with Gasteiger partial charge in [0.25, 0.3) is 0 Å². The SMILES string of the molecule is CCc1nc2n(n1)CC(NC(=NC)NCCc1cc(F)ccc1F)CC2. The molecule has 26 heavy (non-hydrogen) atoms. The lowest BCUT2D eigenvalue weighted by Crippen LogP contribution is -2.47. The van der Waals surface area contributed by atoms with Crippen molar-refractivity contribution in [3.8, 4) is 0 Å². The molecule has 0 spiro atoms. The van der Waals surface area contributed by atoms with E-state index in [2.05, 4.69) is 25.7 Å². The number of nitrogens with zero attached hydrogens (tertiary/aromatic N) is 4. The number of nitrogens with one attached hydrogen (secondary N) is 2. The maximum Gasteiger partial charge on any atom is 0.191 e. The summed E-state index contributed by atoms with van der Waals surface area (Å²) in [5, 5.41) is 11.0. The molecule has 1 unspecified atom stereocenters. The second kappa shape index (κ2) is 8.25. The van der Waals surface area contributed by atoms with Gasteiger partial charge in [-0.2, -0.15) is 5.10 Å². The van der Waals surface area contributed by atoms with Crippen LogP contribution in [0.5, 0.6) is 0 Å². The van der Waals surface area contributed by atoms with Gasteiger partial charge in [0, 0.05) is 32.5 Å². The molecule has 0 saturated heterocycles. The summed E-state index contributed by atoms with van der Waals surface area (Å²) in [4.78, 5) is 8.73. The Balaban J connectivity index is 1.51. The number of hydrogen-bond donors (Lipinski definition) is 2. The fourth-order valence-electron chi connectivity index (χ4n) is 3.07. The number of halogens is 2. The highest BCUT2D eigenvalue weighted by Gasteiger charge is 2.22. The highest BCUT2D eigenvalue weighted by Crippen LogP contribution is 2.13. The summed E-state index contributed by atoms with van der Waals surface area (Å²) < 4.78 is 28.8. The molecule has 1 aromatic carbocycles. The minimum absolute atomic E-state index is 0.200. The van der Waals surface area contributed by atoms with Crippen molar-refractivity contribution in [1.82, 2.24) is 25.4 Å². The number of fused-ring (bicyclic) bond motifs is 1. The van der Waals surface area contributed by atoms with E-state index >= 15 is 0 Å². The van der Waals surface area contributed by atoms with Crippen LogP contribution in [0.4, 0.5) is 8.78 Å². The van der Waals surface area contributed by atoms with E-state index in [1.807, 2.05) is 11.6 Å². The third-order valence-electron chi connectivity index (χ3n) is 4.48. The van der Waals surface area contributed by atoms with Crippen LogP contribution in [0.2, 0.25) is 0 Å². The largest absolute Gasteiger partial charge is 0.356 e. The van der Waals surface area contributed by atoms with E-state index in [1.165, 1.54) is 6.07 Å². The maximum absolute atomic E-state index is 13.7. The molecule has 2 aromatic rings. The summed E-state index contributed by atoms with van der Waals surface area (Å²) in [6.45, 7) is 3.24. The number of rotatable bonds is 5. The Morgan fingerprint density at radius 3 is 3.00 bits per heavy atom. The Morgan fingerprint density at radius 1 is 1.38 bits per heavy atom. The van der Waals surface area contributed by atoms with Crippen molar-refractivity contribution in [2.75, 3.05) is 13.6 Å².